The fraction of sp³-hybridized carbons (Fsp3) is 0.500. The molecule has 0 aliphatic rings. The third-order valence-corrected chi connectivity index (χ3v) is 1.54. The fourth-order valence-corrected chi connectivity index (χ4v) is 0.997. The summed E-state index contributed by atoms with van der Waals surface area (Å²) < 4.78 is 0. The summed E-state index contributed by atoms with van der Waals surface area (Å²) in [5.41, 5.74) is 1.26. The number of likely N-dealkylation sites (N-methyl/N-ethyl adjacent to an activating group) is 1. The lowest BCUT2D eigenvalue weighted by molar-refractivity contribution is 0.666. The summed E-state index contributed by atoms with van der Waals surface area (Å²) in [5.74, 6) is 0.846. The Labute approximate surface area is 72.1 Å². The first kappa shape index (κ1) is 8.93. The quantitative estimate of drug-likeness (QED) is 0.659. The van der Waals surface area contributed by atoms with Crippen molar-refractivity contribution in [3.05, 3.63) is 23.8 Å². The van der Waals surface area contributed by atoms with Crippen LogP contribution in [-0.2, 0) is 0 Å². The van der Waals surface area contributed by atoms with E-state index in [1.807, 2.05) is 7.05 Å². The zero-order chi connectivity index (χ0) is 8.97. The molecular formula is C8H14N4. The number of hydrogen-bond acceptors (Lipinski definition) is 3. The third-order valence-electron chi connectivity index (χ3n) is 1.54. The second-order valence-electron chi connectivity index (χ2n) is 2.88. The molecule has 1 aromatic rings. The number of H-pyrrole nitrogens is 1. The number of nitrogens with one attached hydrogen (secondary N) is 2. The predicted molar refractivity (Wildman–Crippen MR) is 47.6 cm³/mol. The summed E-state index contributed by atoms with van der Waals surface area (Å²) in [6.45, 7) is 4.11. The lowest BCUT2D eigenvalue weighted by Crippen LogP contribution is -2.15. The second kappa shape index (κ2) is 4.01. The number of nitrogens with zero attached hydrogens (tertiary/aromatic N) is 2. The van der Waals surface area contributed by atoms with E-state index in [0.29, 0.717) is 0 Å². The molecule has 4 heteroatoms. The number of aromatic nitrogens is 3. The smallest absolute Gasteiger partial charge is 0.145 e. The largest absolute Gasteiger partial charge is 0.307 e. The van der Waals surface area contributed by atoms with Crippen LogP contribution in [0, 0.1) is 0 Å². The van der Waals surface area contributed by atoms with Crippen molar-refractivity contribution in [2.75, 3.05) is 7.05 Å². The predicted octanol–water partition coefficient (Wildman–Crippen LogP) is 1.03. The van der Waals surface area contributed by atoms with E-state index in [1.54, 1.807) is 0 Å². The molecule has 66 valence electrons. The molecule has 4 nitrogen and oxygen atoms in total. The van der Waals surface area contributed by atoms with E-state index >= 15 is 0 Å². The van der Waals surface area contributed by atoms with E-state index < -0.39 is 0 Å². The van der Waals surface area contributed by atoms with Crippen molar-refractivity contribution in [2.45, 2.75) is 19.9 Å². The maximum Gasteiger partial charge on any atom is 0.145 e. The first-order chi connectivity index (χ1) is 5.74. The minimum atomic E-state index is 0.137. The van der Waals surface area contributed by atoms with Crippen LogP contribution >= 0.6 is 0 Å². The van der Waals surface area contributed by atoms with Crippen LogP contribution in [0.3, 0.4) is 0 Å². The highest BCUT2D eigenvalue weighted by Gasteiger charge is 2.07. The van der Waals surface area contributed by atoms with Gasteiger partial charge in [0.05, 0.1) is 6.04 Å². The van der Waals surface area contributed by atoms with Gasteiger partial charge in [0.15, 0.2) is 0 Å². The van der Waals surface area contributed by atoms with Crippen molar-refractivity contribution in [1.82, 2.24) is 20.5 Å². The Hall–Kier alpha value is -1.16. The second-order valence-corrected chi connectivity index (χ2v) is 2.88. The van der Waals surface area contributed by atoms with Gasteiger partial charge in [-0.05, 0) is 20.9 Å². The van der Waals surface area contributed by atoms with Crippen molar-refractivity contribution in [1.29, 1.82) is 0 Å². The van der Waals surface area contributed by atoms with Crippen LogP contribution in [0.4, 0.5) is 0 Å². The summed E-state index contributed by atoms with van der Waals surface area (Å²) in [6.07, 6.45) is 3.61. The Morgan fingerprint density at radius 2 is 2.42 bits per heavy atom. The van der Waals surface area contributed by atoms with Crippen molar-refractivity contribution < 1.29 is 0 Å². The van der Waals surface area contributed by atoms with Crippen molar-refractivity contribution in [2.24, 2.45) is 0 Å². The molecule has 0 radical (unpaired) electrons. The highest BCUT2D eigenvalue weighted by atomic mass is 15.2. The standard InChI is InChI=1S/C8H14N4/c1-6(2)4-7(9-3)8-10-5-11-12-8/h4-5,7,9H,1-3H3,(H,10,11,12). The van der Waals surface area contributed by atoms with Crippen LogP contribution in [-0.4, -0.2) is 22.2 Å². The molecule has 0 saturated heterocycles. The summed E-state index contributed by atoms with van der Waals surface area (Å²) in [6, 6.07) is 0.137. The van der Waals surface area contributed by atoms with Crippen LogP contribution in [0.2, 0.25) is 0 Å². The SMILES string of the molecule is CNC(C=C(C)C)c1ncn[nH]1. The molecule has 0 fully saturated rings. The van der Waals surface area contributed by atoms with E-state index in [9.17, 15) is 0 Å². The number of allylic oxidation sites excluding steroid dienone is 1. The van der Waals surface area contributed by atoms with Gasteiger partial charge in [0.1, 0.15) is 12.2 Å². The van der Waals surface area contributed by atoms with E-state index in [0.717, 1.165) is 5.82 Å². The molecule has 1 rings (SSSR count). The van der Waals surface area contributed by atoms with Gasteiger partial charge < -0.3 is 5.32 Å². The molecule has 1 atom stereocenters. The molecule has 0 saturated carbocycles. The average Bonchev–Trinajstić information content (AvgIpc) is 2.51. The molecule has 2 N–H and O–H groups in total. The molecule has 0 spiro atoms. The molecule has 1 unspecified atom stereocenters. The summed E-state index contributed by atoms with van der Waals surface area (Å²) in [5, 5.41) is 9.74. The maximum atomic E-state index is 4.07. The molecule has 1 heterocycles. The van der Waals surface area contributed by atoms with Gasteiger partial charge in [0.2, 0.25) is 0 Å². The van der Waals surface area contributed by atoms with Crippen molar-refractivity contribution in [3.8, 4) is 0 Å². The third kappa shape index (κ3) is 2.17. The van der Waals surface area contributed by atoms with E-state index in [1.165, 1.54) is 11.9 Å². The molecule has 0 bridgehead atoms. The first-order valence-corrected chi connectivity index (χ1v) is 3.91. The highest BCUT2D eigenvalue weighted by Crippen LogP contribution is 2.09. The molecule has 12 heavy (non-hydrogen) atoms. The zero-order valence-electron chi connectivity index (χ0n) is 7.63. The topological polar surface area (TPSA) is 53.6 Å². The molecule has 0 aromatic carbocycles. The zero-order valence-corrected chi connectivity index (χ0v) is 7.63. The highest BCUT2D eigenvalue weighted by molar-refractivity contribution is 5.08. The molecule has 0 aliphatic carbocycles. The van der Waals surface area contributed by atoms with E-state index in [4.69, 9.17) is 0 Å². The molecule has 1 aromatic heterocycles. The van der Waals surface area contributed by atoms with Crippen LogP contribution in [0.1, 0.15) is 25.7 Å². The normalized spacial score (nSPS) is 12.6. The van der Waals surface area contributed by atoms with Crippen molar-refractivity contribution >= 4 is 0 Å². The van der Waals surface area contributed by atoms with E-state index in [-0.39, 0.29) is 6.04 Å². The van der Waals surface area contributed by atoms with Gasteiger partial charge in [-0.3, -0.25) is 5.10 Å². The molecular weight excluding hydrogens is 152 g/mol. The number of rotatable bonds is 3. The Bertz CT molecular complexity index is 246. The van der Waals surface area contributed by atoms with Gasteiger partial charge in [-0.2, -0.15) is 5.10 Å². The minimum absolute atomic E-state index is 0.137. The van der Waals surface area contributed by atoms with Crippen molar-refractivity contribution in [3.63, 3.8) is 0 Å². The number of hydrogen-bond donors (Lipinski definition) is 2. The summed E-state index contributed by atoms with van der Waals surface area (Å²) >= 11 is 0. The summed E-state index contributed by atoms with van der Waals surface area (Å²) in [4.78, 5) is 4.07. The van der Waals surface area contributed by atoms with Crippen LogP contribution in [0.15, 0.2) is 18.0 Å². The fourth-order valence-electron chi connectivity index (χ4n) is 0.997. The van der Waals surface area contributed by atoms with Crippen LogP contribution in [0.25, 0.3) is 0 Å². The van der Waals surface area contributed by atoms with Crippen LogP contribution in [0.5, 0.6) is 0 Å². The average molecular weight is 166 g/mol. The van der Waals surface area contributed by atoms with Gasteiger partial charge in [-0.25, -0.2) is 4.98 Å². The molecule has 0 aliphatic heterocycles. The first-order valence-electron chi connectivity index (χ1n) is 3.91. The lowest BCUT2D eigenvalue weighted by atomic mass is 10.2. The monoisotopic (exact) mass is 166 g/mol. The summed E-state index contributed by atoms with van der Waals surface area (Å²) in [7, 11) is 1.90. The Balaban J connectivity index is 2.77. The van der Waals surface area contributed by atoms with Gasteiger partial charge in [0.25, 0.3) is 0 Å². The Morgan fingerprint density at radius 3 is 2.83 bits per heavy atom. The van der Waals surface area contributed by atoms with Gasteiger partial charge >= 0.3 is 0 Å². The van der Waals surface area contributed by atoms with Gasteiger partial charge in [-0.1, -0.05) is 11.6 Å². The van der Waals surface area contributed by atoms with Gasteiger partial charge in [-0.15, -0.1) is 0 Å². The Morgan fingerprint density at radius 1 is 1.67 bits per heavy atom. The maximum absolute atomic E-state index is 4.07. The number of aromatic amines is 1. The minimum Gasteiger partial charge on any atom is -0.307 e. The van der Waals surface area contributed by atoms with Crippen LogP contribution < -0.4 is 5.32 Å². The lowest BCUT2D eigenvalue weighted by Gasteiger charge is -2.07. The molecule has 0 amide bonds. The Kier molecular flexibility index (Phi) is 2.99. The van der Waals surface area contributed by atoms with E-state index in [2.05, 4.69) is 40.4 Å². The van der Waals surface area contributed by atoms with Gasteiger partial charge in [0, 0.05) is 0 Å².